The van der Waals surface area contributed by atoms with Crippen molar-refractivity contribution in [3.05, 3.63) is 59.4 Å². The van der Waals surface area contributed by atoms with Crippen molar-refractivity contribution in [2.75, 3.05) is 25.2 Å². The summed E-state index contributed by atoms with van der Waals surface area (Å²) in [6.07, 6.45) is 1.81. The van der Waals surface area contributed by atoms with Crippen molar-refractivity contribution in [1.82, 2.24) is 10.3 Å². The van der Waals surface area contributed by atoms with Gasteiger partial charge >= 0.3 is 0 Å². The maximum atomic E-state index is 12.9. The zero-order chi connectivity index (χ0) is 17.8. The Labute approximate surface area is 146 Å². The lowest BCUT2D eigenvalue weighted by molar-refractivity contribution is -0.121. The van der Waals surface area contributed by atoms with E-state index >= 15 is 0 Å². The van der Waals surface area contributed by atoms with Crippen molar-refractivity contribution in [2.45, 2.75) is 19.4 Å². The van der Waals surface area contributed by atoms with Crippen LogP contribution in [0.3, 0.4) is 0 Å². The summed E-state index contributed by atoms with van der Waals surface area (Å²) in [4.78, 5) is 31.2. The summed E-state index contributed by atoms with van der Waals surface area (Å²) < 4.78 is 4.95. The minimum Gasteiger partial charge on any atom is -0.383 e. The number of rotatable bonds is 6. The van der Waals surface area contributed by atoms with Gasteiger partial charge < -0.3 is 10.1 Å². The van der Waals surface area contributed by atoms with E-state index in [-0.39, 0.29) is 18.2 Å². The second-order valence-corrected chi connectivity index (χ2v) is 6.01. The highest BCUT2D eigenvalue weighted by atomic mass is 16.5. The fourth-order valence-corrected chi connectivity index (χ4v) is 2.99. The van der Waals surface area contributed by atoms with E-state index in [0.29, 0.717) is 24.4 Å². The molecular weight excluding hydrogens is 318 g/mol. The normalized spacial score (nSPS) is 16.0. The first kappa shape index (κ1) is 17.1. The Hall–Kier alpha value is -2.73. The number of anilines is 1. The van der Waals surface area contributed by atoms with E-state index in [4.69, 9.17) is 4.74 Å². The quantitative estimate of drug-likeness (QED) is 0.820. The van der Waals surface area contributed by atoms with Gasteiger partial charge in [0.05, 0.1) is 30.3 Å². The smallest absolute Gasteiger partial charge is 0.260 e. The molecule has 25 heavy (non-hydrogen) atoms. The van der Waals surface area contributed by atoms with Gasteiger partial charge in [-0.05, 0) is 31.2 Å². The maximum absolute atomic E-state index is 12.9. The van der Waals surface area contributed by atoms with Crippen LogP contribution in [-0.2, 0) is 9.53 Å². The number of aryl methyl sites for hydroxylation is 1. The number of ether oxygens (including phenoxy) is 1. The predicted molar refractivity (Wildman–Crippen MR) is 94.5 cm³/mol. The number of carbonyl (C=O) groups is 2. The van der Waals surface area contributed by atoms with E-state index in [9.17, 15) is 9.59 Å². The summed E-state index contributed by atoms with van der Waals surface area (Å²) in [6.45, 7) is 2.88. The van der Waals surface area contributed by atoms with Gasteiger partial charge in [-0.25, -0.2) is 0 Å². The van der Waals surface area contributed by atoms with Crippen LogP contribution in [0.25, 0.3) is 0 Å². The number of amides is 2. The second-order valence-electron chi connectivity index (χ2n) is 6.01. The third kappa shape index (κ3) is 3.53. The molecule has 0 aliphatic carbocycles. The third-order valence-corrected chi connectivity index (χ3v) is 4.23. The van der Waals surface area contributed by atoms with Crippen LogP contribution in [0.1, 0.15) is 34.1 Å². The van der Waals surface area contributed by atoms with Gasteiger partial charge in [-0.15, -0.1) is 0 Å². The van der Waals surface area contributed by atoms with E-state index in [2.05, 4.69) is 10.3 Å². The van der Waals surface area contributed by atoms with Crippen LogP contribution < -0.4 is 10.2 Å². The molecule has 2 amide bonds. The average molecular weight is 339 g/mol. The predicted octanol–water partition coefficient (Wildman–Crippen LogP) is 2.24. The monoisotopic (exact) mass is 339 g/mol. The molecule has 0 spiro atoms. The van der Waals surface area contributed by atoms with E-state index in [1.807, 2.05) is 31.2 Å². The fourth-order valence-electron chi connectivity index (χ4n) is 2.99. The summed E-state index contributed by atoms with van der Waals surface area (Å²) >= 11 is 0. The van der Waals surface area contributed by atoms with E-state index in [0.717, 1.165) is 11.3 Å². The molecular formula is C19H21N3O3. The van der Waals surface area contributed by atoms with Gasteiger partial charge in [0.15, 0.2) is 0 Å². The fraction of sp³-hybridized carbons (Fsp3) is 0.316. The van der Waals surface area contributed by atoms with Crippen molar-refractivity contribution < 1.29 is 14.3 Å². The van der Waals surface area contributed by atoms with Crippen LogP contribution in [0.15, 0.2) is 42.6 Å². The topological polar surface area (TPSA) is 71.5 Å². The first-order valence-corrected chi connectivity index (χ1v) is 8.22. The Morgan fingerprint density at radius 2 is 2.04 bits per heavy atom. The summed E-state index contributed by atoms with van der Waals surface area (Å²) in [7, 11) is 1.58. The number of fused-ring (bicyclic) bond motifs is 1. The minimum atomic E-state index is -0.408. The van der Waals surface area contributed by atoms with Gasteiger partial charge in [-0.3, -0.25) is 19.5 Å². The van der Waals surface area contributed by atoms with Crippen LogP contribution in [-0.4, -0.2) is 37.1 Å². The lowest BCUT2D eigenvalue weighted by Gasteiger charge is -2.24. The SMILES string of the molecule is COCCNC(=O)CC1c2ncccc2C(=O)N1c1ccc(C)cc1. The van der Waals surface area contributed by atoms with Crippen LogP contribution in [0.2, 0.25) is 0 Å². The average Bonchev–Trinajstić information content (AvgIpc) is 2.89. The molecule has 6 nitrogen and oxygen atoms in total. The number of benzene rings is 1. The molecule has 0 saturated heterocycles. The minimum absolute atomic E-state index is 0.123. The molecule has 2 heterocycles. The molecule has 1 aliphatic heterocycles. The van der Waals surface area contributed by atoms with E-state index in [1.54, 1.807) is 30.3 Å². The van der Waals surface area contributed by atoms with Crippen molar-refractivity contribution in [1.29, 1.82) is 0 Å². The molecule has 1 aromatic heterocycles. The molecule has 1 aromatic carbocycles. The molecule has 1 N–H and O–H groups in total. The number of nitrogens with zero attached hydrogens (tertiary/aromatic N) is 2. The lowest BCUT2D eigenvalue weighted by Crippen LogP contribution is -2.34. The number of carbonyl (C=O) groups excluding carboxylic acids is 2. The van der Waals surface area contributed by atoms with E-state index in [1.165, 1.54) is 0 Å². The molecule has 0 radical (unpaired) electrons. The van der Waals surface area contributed by atoms with Gasteiger partial charge in [-0.2, -0.15) is 0 Å². The first-order valence-electron chi connectivity index (χ1n) is 8.22. The van der Waals surface area contributed by atoms with Gasteiger partial charge in [0.25, 0.3) is 5.91 Å². The molecule has 6 heteroatoms. The number of aromatic nitrogens is 1. The highest BCUT2D eigenvalue weighted by Gasteiger charge is 2.39. The van der Waals surface area contributed by atoms with Gasteiger partial charge in [0, 0.05) is 25.5 Å². The highest BCUT2D eigenvalue weighted by molar-refractivity contribution is 6.11. The van der Waals surface area contributed by atoms with Crippen molar-refractivity contribution >= 4 is 17.5 Å². The molecule has 1 unspecified atom stereocenters. The summed E-state index contributed by atoms with van der Waals surface area (Å²) in [6, 6.07) is 10.8. The standard InChI is InChI=1S/C19H21N3O3/c1-13-5-7-14(8-6-13)22-16(12-17(23)20-10-11-25-2)18-15(19(22)24)4-3-9-21-18/h3-9,16H,10-12H2,1-2H3,(H,20,23). The number of pyridine rings is 1. The van der Waals surface area contributed by atoms with Crippen molar-refractivity contribution in [2.24, 2.45) is 0 Å². The number of nitrogens with one attached hydrogen (secondary N) is 1. The molecule has 3 rings (SSSR count). The molecule has 1 aliphatic rings. The Kier molecular flexibility index (Phi) is 5.09. The lowest BCUT2D eigenvalue weighted by atomic mass is 10.1. The number of hydrogen-bond donors (Lipinski definition) is 1. The summed E-state index contributed by atoms with van der Waals surface area (Å²) in [5.74, 6) is -0.257. The highest BCUT2D eigenvalue weighted by Crippen LogP contribution is 2.38. The van der Waals surface area contributed by atoms with Crippen LogP contribution in [0.4, 0.5) is 5.69 Å². The van der Waals surface area contributed by atoms with Gasteiger partial charge in [0.2, 0.25) is 5.91 Å². The zero-order valence-electron chi connectivity index (χ0n) is 14.4. The second kappa shape index (κ2) is 7.44. The molecule has 0 fully saturated rings. The molecule has 2 aromatic rings. The first-order chi connectivity index (χ1) is 12.1. The Bertz CT molecular complexity index is 774. The maximum Gasteiger partial charge on any atom is 0.260 e. The number of hydrogen-bond acceptors (Lipinski definition) is 4. The van der Waals surface area contributed by atoms with Crippen LogP contribution in [0, 0.1) is 6.92 Å². The molecule has 0 saturated carbocycles. The van der Waals surface area contributed by atoms with Crippen LogP contribution >= 0.6 is 0 Å². The van der Waals surface area contributed by atoms with Gasteiger partial charge in [-0.1, -0.05) is 17.7 Å². The summed E-state index contributed by atoms with van der Waals surface area (Å²) in [5.41, 5.74) is 3.08. The van der Waals surface area contributed by atoms with Crippen LogP contribution in [0.5, 0.6) is 0 Å². The largest absolute Gasteiger partial charge is 0.383 e. The third-order valence-electron chi connectivity index (χ3n) is 4.23. The van der Waals surface area contributed by atoms with Crippen molar-refractivity contribution in [3.8, 4) is 0 Å². The Balaban J connectivity index is 1.88. The molecule has 130 valence electrons. The Morgan fingerprint density at radius 1 is 1.28 bits per heavy atom. The molecule has 0 bridgehead atoms. The number of methoxy groups -OCH3 is 1. The molecule has 1 atom stereocenters. The Morgan fingerprint density at radius 3 is 2.76 bits per heavy atom. The van der Waals surface area contributed by atoms with Crippen molar-refractivity contribution in [3.63, 3.8) is 0 Å². The summed E-state index contributed by atoms with van der Waals surface area (Å²) in [5, 5.41) is 2.81. The van der Waals surface area contributed by atoms with E-state index < -0.39 is 6.04 Å². The van der Waals surface area contributed by atoms with Gasteiger partial charge in [0.1, 0.15) is 0 Å². The zero-order valence-corrected chi connectivity index (χ0v) is 14.4.